The van der Waals surface area contributed by atoms with Crippen LogP contribution in [0.1, 0.15) is 19.8 Å². The van der Waals surface area contributed by atoms with Crippen LogP contribution in [-0.4, -0.2) is 46.4 Å². The minimum Gasteiger partial charge on any atom is -0.378 e. The van der Waals surface area contributed by atoms with Crippen molar-refractivity contribution in [1.82, 2.24) is 0 Å². The third-order valence-electron chi connectivity index (χ3n) is 4.73. The molecule has 166 valence electrons. The molecule has 0 aromatic heterocycles. The summed E-state index contributed by atoms with van der Waals surface area (Å²) in [5.41, 5.74) is 1.31. The zero-order valence-corrected chi connectivity index (χ0v) is 18.6. The highest BCUT2D eigenvalue weighted by molar-refractivity contribution is 7.92. The maximum absolute atomic E-state index is 12.9. The minimum atomic E-state index is -3.95. The number of halogens is 1. The molecular formula is C21H24ClN3O5S. The topological polar surface area (TPSA) is 105 Å². The smallest absolute Gasteiger partial charge is 0.262 e. The molecule has 2 aromatic rings. The first kappa shape index (κ1) is 23.1. The van der Waals surface area contributed by atoms with E-state index in [9.17, 15) is 18.0 Å². The van der Waals surface area contributed by atoms with E-state index in [0.29, 0.717) is 37.7 Å². The molecule has 0 bridgehead atoms. The fraction of sp³-hybridized carbons (Fsp3) is 0.333. The molecular weight excluding hydrogens is 442 g/mol. The van der Waals surface area contributed by atoms with Crippen LogP contribution < -0.4 is 14.9 Å². The number of rotatable bonds is 8. The van der Waals surface area contributed by atoms with Crippen LogP contribution in [0.4, 0.5) is 17.1 Å². The number of Topliss-reactive ketones (excluding diaryl/α,β-unsaturated/α-hetero) is 1. The van der Waals surface area contributed by atoms with Crippen molar-refractivity contribution in [2.75, 3.05) is 41.2 Å². The van der Waals surface area contributed by atoms with Gasteiger partial charge in [-0.3, -0.25) is 9.52 Å². The molecule has 1 aliphatic rings. The number of morpholine rings is 1. The molecule has 3 rings (SSSR count). The summed E-state index contributed by atoms with van der Waals surface area (Å²) in [5.74, 6) is -0.456. The summed E-state index contributed by atoms with van der Waals surface area (Å²) >= 11 is 6.07. The quantitative estimate of drug-likeness (QED) is 0.619. The van der Waals surface area contributed by atoms with Gasteiger partial charge < -0.3 is 19.7 Å². The van der Waals surface area contributed by atoms with Crippen LogP contribution in [0.25, 0.3) is 0 Å². The number of para-hydroxylation sites is 1. The maximum Gasteiger partial charge on any atom is 0.262 e. The monoisotopic (exact) mass is 465 g/mol. The number of hydrogen-bond donors (Lipinski definition) is 2. The second-order valence-corrected chi connectivity index (χ2v) is 9.20. The highest BCUT2D eigenvalue weighted by atomic mass is 35.5. The number of hydrogen-bond acceptors (Lipinski definition) is 6. The summed E-state index contributed by atoms with van der Waals surface area (Å²) in [6, 6.07) is 11.1. The summed E-state index contributed by atoms with van der Waals surface area (Å²) in [7, 11) is -3.95. The number of carbonyl (C=O) groups is 2. The van der Waals surface area contributed by atoms with Crippen molar-refractivity contribution in [3.05, 3.63) is 47.5 Å². The number of sulfonamides is 1. The summed E-state index contributed by atoms with van der Waals surface area (Å²) in [6.45, 7) is 3.71. The summed E-state index contributed by atoms with van der Waals surface area (Å²) in [6.07, 6.45) is 0.136. The maximum atomic E-state index is 12.9. The summed E-state index contributed by atoms with van der Waals surface area (Å²) in [4.78, 5) is 25.6. The van der Waals surface area contributed by atoms with Gasteiger partial charge in [0, 0.05) is 25.9 Å². The largest absolute Gasteiger partial charge is 0.378 e. The second-order valence-electron chi connectivity index (χ2n) is 7.11. The van der Waals surface area contributed by atoms with Crippen molar-refractivity contribution in [2.45, 2.75) is 24.7 Å². The van der Waals surface area contributed by atoms with Crippen molar-refractivity contribution in [2.24, 2.45) is 0 Å². The Hall–Kier alpha value is -2.62. The van der Waals surface area contributed by atoms with E-state index in [2.05, 4.69) is 10.0 Å². The number of carbonyl (C=O) groups excluding carboxylic acids is 2. The van der Waals surface area contributed by atoms with E-state index in [0.717, 1.165) is 0 Å². The first-order chi connectivity index (χ1) is 14.8. The van der Waals surface area contributed by atoms with Crippen molar-refractivity contribution in [3.8, 4) is 0 Å². The van der Waals surface area contributed by atoms with Gasteiger partial charge in [0.1, 0.15) is 5.78 Å². The number of amides is 1. The van der Waals surface area contributed by atoms with Crippen LogP contribution in [0.3, 0.4) is 0 Å². The first-order valence-electron chi connectivity index (χ1n) is 9.79. The van der Waals surface area contributed by atoms with Crippen molar-refractivity contribution < 1.29 is 22.7 Å². The van der Waals surface area contributed by atoms with Gasteiger partial charge in [0.25, 0.3) is 10.0 Å². The molecule has 31 heavy (non-hydrogen) atoms. The Balaban J connectivity index is 1.91. The van der Waals surface area contributed by atoms with Gasteiger partial charge >= 0.3 is 0 Å². The normalized spacial score (nSPS) is 14.2. The summed E-state index contributed by atoms with van der Waals surface area (Å²) in [5, 5.41) is 3.03. The number of ether oxygens (including phenoxy) is 1. The molecule has 0 saturated carbocycles. The van der Waals surface area contributed by atoms with Gasteiger partial charge in [0.15, 0.2) is 0 Å². The Morgan fingerprint density at radius 3 is 2.45 bits per heavy atom. The van der Waals surface area contributed by atoms with Crippen LogP contribution >= 0.6 is 11.6 Å². The van der Waals surface area contributed by atoms with E-state index < -0.39 is 10.0 Å². The van der Waals surface area contributed by atoms with Crippen LogP contribution in [0, 0.1) is 0 Å². The van der Waals surface area contributed by atoms with E-state index >= 15 is 0 Å². The molecule has 2 aromatic carbocycles. The Bertz CT molecular complexity index is 1070. The van der Waals surface area contributed by atoms with Gasteiger partial charge in [-0.05, 0) is 37.3 Å². The first-order valence-corrected chi connectivity index (χ1v) is 11.7. The molecule has 0 atom stereocenters. The van der Waals surface area contributed by atoms with Gasteiger partial charge in [-0.2, -0.15) is 0 Å². The predicted molar refractivity (Wildman–Crippen MR) is 120 cm³/mol. The lowest BCUT2D eigenvalue weighted by Gasteiger charge is -2.30. The molecule has 0 unspecified atom stereocenters. The van der Waals surface area contributed by atoms with E-state index in [1.54, 1.807) is 30.3 Å². The van der Waals surface area contributed by atoms with Gasteiger partial charge in [-0.15, -0.1) is 0 Å². The van der Waals surface area contributed by atoms with Crippen molar-refractivity contribution in [1.29, 1.82) is 0 Å². The molecule has 0 spiro atoms. The lowest BCUT2D eigenvalue weighted by Crippen LogP contribution is -2.36. The van der Waals surface area contributed by atoms with Gasteiger partial charge in [0.2, 0.25) is 5.91 Å². The number of anilines is 3. The Morgan fingerprint density at radius 2 is 1.77 bits per heavy atom. The van der Waals surface area contributed by atoms with Crippen LogP contribution in [0.5, 0.6) is 0 Å². The lowest BCUT2D eigenvalue weighted by atomic mass is 10.2. The SMILES string of the molecule is CC(=O)CCC(=O)Nc1cc(S(=O)(=O)Nc2ccccc2Cl)ccc1N1CCOCC1. The minimum absolute atomic E-state index is 0.0206. The van der Waals surface area contributed by atoms with Crippen LogP contribution in [0.2, 0.25) is 5.02 Å². The fourth-order valence-electron chi connectivity index (χ4n) is 3.11. The Morgan fingerprint density at radius 1 is 1.06 bits per heavy atom. The zero-order chi connectivity index (χ0) is 22.4. The summed E-state index contributed by atoms with van der Waals surface area (Å²) < 4.78 is 33.7. The van der Waals surface area contributed by atoms with E-state index in [4.69, 9.17) is 16.3 Å². The third-order valence-corrected chi connectivity index (χ3v) is 6.42. The van der Waals surface area contributed by atoms with Crippen molar-refractivity contribution >= 4 is 50.4 Å². The zero-order valence-electron chi connectivity index (χ0n) is 17.1. The lowest BCUT2D eigenvalue weighted by molar-refractivity contribution is -0.121. The predicted octanol–water partition coefficient (Wildman–Crippen LogP) is 3.29. The molecule has 1 heterocycles. The molecule has 10 heteroatoms. The van der Waals surface area contributed by atoms with E-state index in [1.165, 1.54) is 19.1 Å². The highest BCUT2D eigenvalue weighted by Crippen LogP contribution is 2.31. The van der Waals surface area contributed by atoms with Crippen LogP contribution in [-0.2, 0) is 24.3 Å². The standard InChI is InChI=1S/C21H24ClN3O5S/c1-15(26)6-9-21(27)23-19-14-16(7-8-20(19)25-10-12-30-13-11-25)31(28,29)24-18-5-3-2-4-17(18)22/h2-5,7-8,14,24H,6,9-13H2,1H3,(H,23,27). The van der Waals surface area contributed by atoms with Crippen molar-refractivity contribution in [3.63, 3.8) is 0 Å². The number of nitrogens with one attached hydrogen (secondary N) is 2. The van der Waals surface area contributed by atoms with Gasteiger partial charge in [-0.25, -0.2) is 8.42 Å². The Labute approximate surface area is 186 Å². The number of benzene rings is 2. The number of nitrogens with zero attached hydrogens (tertiary/aromatic N) is 1. The average molecular weight is 466 g/mol. The van der Waals surface area contributed by atoms with Gasteiger partial charge in [0.05, 0.1) is 40.2 Å². The number of ketones is 1. The van der Waals surface area contributed by atoms with Gasteiger partial charge in [-0.1, -0.05) is 23.7 Å². The fourth-order valence-corrected chi connectivity index (χ4v) is 4.46. The van der Waals surface area contributed by atoms with E-state index in [1.807, 2.05) is 4.90 Å². The Kier molecular flexibility index (Phi) is 7.53. The molecule has 0 radical (unpaired) electrons. The molecule has 2 N–H and O–H groups in total. The molecule has 8 nitrogen and oxygen atoms in total. The average Bonchev–Trinajstić information content (AvgIpc) is 2.74. The molecule has 1 saturated heterocycles. The van der Waals surface area contributed by atoms with E-state index in [-0.39, 0.29) is 40.1 Å². The van der Waals surface area contributed by atoms with Crippen LogP contribution in [0.15, 0.2) is 47.4 Å². The molecule has 1 fully saturated rings. The molecule has 1 amide bonds. The second kappa shape index (κ2) is 10.1. The third kappa shape index (κ3) is 6.19. The molecule has 0 aliphatic carbocycles. The molecule has 1 aliphatic heterocycles. The highest BCUT2D eigenvalue weighted by Gasteiger charge is 2.21.